The van der Waals surface area contributed by atoms with Gasteiger partial charge >= 0.3 is 0 Å². The van der Waals surface area contributed by atoms with Crippen LogP contribution in [0, 0.1) is 19.7 Å². The van der Waals surface area contributed by atoms with Crippen molar-refractivity contribution in [1.29, 1.82) is 0 Å². The third-order valence-corrected chi connectivity index (χ3v) is 9.87. The van der Waals surface area contributed by atoms with E-state index in [1.807, 2.05) is 19.9 Å². The van der Waals surface area contributed by atoms with Crippen LogP contribution in [0.3, 0.4) is 0 Å². The van der Waals surface area contributed by atoms with Gasteiger partial charge in [0.25, 0.3) is 10.0 Å². The Morgan fingerprint density at radius 1 is 0.911 bits per heavy atom. The van der Waals surface area contributed by atoms with E-state index in [-0.39, 0.29) is 29.1 Å². The fourth-order valence-electron chi connectivity index (χ4n) is 5.67. The Hall–Kier alpha value is -4.12. The molecule has 11 heteroatoms. The molecule has 4 rings (SSSR count). The number of hydrogen-bond donors (Lipinski definition) is 1. The molecule has 45 heavy (non-hydrogen) atoms. The molecule has 0 unspecified atom stereocenters. The van der Waals surface area contributed by atoms with Crippen LogP contribution in [-0.2, 0) is 26.2 Å². The number of carbonyl (C=O) groups excluding carboxylic acids is 2. The Morgan fingerprint density at radius 2 is 1.53 bits per heavy atom. The Morgan fingerprint density at radius 3 is 2.13 bits per heavy atom. The second-order valence-electron chi connectivity index (χ2n) is 11.5. The molecule has 0 saturated heterocycles. The van der Waals surface area contributed by atoms with Gasteiger partial charge in [0, 0.05) is 18.7 Å². The number of methoxy groups -OCH3 is 2. The van der Waals surface area contributed by atoms with E-state index >= 15 is 0 Å². The van der Waals surface area contributed by atoms with Crippen LogP contribution in [0.4, 0.5) is 10.1 Å². The highest BCUT2D eigenvalue weighted by molar-refractivity contribution is 7.92. The molecular formula is C34H42FN3O6S. The SMILES string of the molecule is COc1ccc(S(=O)(=O)N(CC(=O)N(Cc2ccc(F)cc2)[C@@H](C)C(=O)NC2CCCCC2)c2cc(C)cc(C)c2)cc1OC. The number of amides is 2. The first kappa shape index (κ1) is 33.8. The van der Waals surface area contributed by atoms with Crippen LogP contribution in [0.25, 0.3) is 0 Å². The topological polar surface area (TPSA) is 105 Å². The van der Waals surface area contributed by atoms with Crippen molar-refractivity contribution in [1.82, 2.24) is 10.2 Å². The van der Waals surface area contributed by atoms with Crippen LogP contribution in [0.5, 0.6) is 11.5 Å². The minimum absolute atomic E-state index is 0.0184. The maximum atomic E-state index is 14.3. The molecule has 0 bridgehead atoms. The third kappa shape index (κ3) is 8.33. The highest BCUT2D eigenvalue weighted by atomic mass is 32.2. The average molecular weight is 640 g/mol. The van der Waals surface area contributed by atoms with Gasteiger partial charge in [0.15, 0.2) is 11.5 Å². The Kier molecular flexibility index (Phi) is 11.1. The number of rotatable bonds is 12. The molecule has 1 aliphatic carbocycles. The van der Waals surface area contributed by atoms with Crippen molar-refractivity contribution >= 4 is 27.5 Å². The summed E-state index contributed by atoms with van der Waals surface area (Å²) in [6, 6.07) is 14.3. The zero-order chi connectivity index (χ0) is 32.7. The number of sulfonamides is 1. The maximum absolute atomic E-state index is 14.3. The number of ether oxygens (including phenoxy) is 2. The summed E-state index contributed by atoms with van der Waals surface area (Å²) in [5, 5.41) is 3.08. The molecule has 0 heterocycles. The Bertz CT molecular complexity index is 1590. The number of carbonyl (C=O) groups is 2. The van der Waals surface area contributed by atoms with E-state index in [0.717, 1.165) is 47.5 Å². The lowest BCUT2D eigenvalue weighted by molar-refractivity contribution is -0.139. The molecule has 3 aromatic rings. The van der Waals surface area contributed by atoms with Crippen molar-refractivity contribution in [3.05, 3.63) is 83.2 Å². The monoisotopic (exact) mass is 639 g/mol. The second-order valence-corrected chi connectivity index (χ2v) is 13.4. The standard InChI is InChI=1S/C34H42FN3O6S/c1-23-17-24(2)19-29(18-23)38(45(41,42)30-15-16-31(43-4)32(20-30)44-5)22-33(39)37(21-26-11-13-27(35)14-12-26)25(3)34(40)36-28-9-7-6-8-10-28/h11-20,25,28H,6-10,21-22H2,1-5H3,(H,36,40)/t25-/m0/s1. The molecule has 242 valence electrons. The van der Waals surface area contributed by atoms with Crippen molar-refractivity contribution in [3.8, 4) is 11.5 Å². The first-order chi connectivity index (χ1) is 21.4. The van der Waals surface area contributed by atoms with Gasteiger partial charge < -0.3 is 19.7 Å². The van der Waals surface area contributed by atoms with E-state index in [4.69, 9.17) is 9.47 Å². The summed E-state index contributed by atoms with van der Waals surface area (Å²) >= 11 is 0. The molecule has 9 nitrogen and oxygen atoms in total. The molecular weight excluding hydrogens is 597 g/mol. The van der Waals surface area contributed by atoms with Gasteiger partial charge in [-0.05, 0) is 86.7 Å². The number of benzene rings is 3. The van der Waals surface area contributed by atoms with E-state index in [1.165, 1.54) is 49.5 Å². The number of aryl methyl sites for hydroxylation is 2. The molecule has 3 aromatic carbocycles. The summed E-state index contributed by atoms with van der Waals surface area (Å²) < 4.78 is 54.0. The van der Waals surface area contributed by atoms with Gasteiger partial charge in [-0.3, -0.25) is 13.9 Å². The first-order valence-corrected chi connectivity index (χ1v) is 16.5. The van der Waals surface area contributed by atoms with Crippen molar-refractivity contribution in [2.24, 2.45) is 0 Å². The molecule has 0 aromatic heterocycles. The number of hydrogen-bond acceptors (Lipinski definition) is 6. The van der Waals surface area contributed by atoms with E-state index in [0.29, 0.717) is 17.0 Å². The normalized spacial score (nSPS) is 14.4. The largest absolute Gasteiger partial charge is 0.493 e. The first-order valence-electron chi connectivity index (χ1n) is 15.1. The van der Waals surface area contributed by atoms with Crippen molar-refractivity contribution in [3.63, 3.8) is 0 Å². The fourth-order valence-corrected chi connectivity index (χ4v) is 7.08. The van der Waals surface area contributed by atoms with Crippen LogP contribution in [0.15, 0.2) is 65.6 Å². The van der Waals surface area contributed by atoms with Crippen LogP contribution in [-0.4, -0.2) is 58.0 Å². The predicted octanol–water partition coefficient (Wildman–Crippen LogP) is 5.52. The lowest BCUT2D eigenvalue weighted by Crippen LogP contribution is -2.53. The van der Waals surface area contributed by atoms with Crippen LogP contribution >= 0.6 is 0 Å². The fraction of sp³-hybridized carbons (Fsp3) is 0.412. The zero-order valence-electron chi connectivity index (χ0n) is 26.5. The molecule has 0 radical (unpaired) electrons. The quantitative estimate of drug-likeness (QED) is 0.280. The van der Waals surface area contributed by atoms with Crippen molar-refractivity contribution in [2.75, 3.05) is 25.1 Å². The van der Waals surface area contributed by atoms with E-state index in [9.17, 15) is 22.4 Å². The minimum Gasteiger partial charge on any atom is -0.493 e. The highest BCUT2D eigenvalue weighted by Crippen LogP contribution is 2.33. The van der Waals surface area contributed by atoms with Gasteiger partial charge in [0.2, 0.25) is 11.8 Å². The lowest BCUT2D eigenvalue weighted by Gasteiger charge is -2.33. The Balaban J connectivity index is 1.73. The van der Waals surface area contributed by atoms with E-state index in [2.05, 4.69) is 5.32 Å². The van der Waals surface area contributed by atoms with Gasteiger partial charge in [0.1, 0.15) is 18.4 Å². The second kappa shape index (κ2) is 14.8. The predicted molar refractivity (Wildman–Crippen MR) is 171 cm³/mol. The summed E-state index contributed by atoms with van der Waals surface area (Å²) in [4.78, 5) is 29.0. The summed E-state index contributed by atoms with van der Waals surface area (Å²) in [7, 11) is -1.46. The number of nitrogens with zero attached hydrogens (tertiary/aromatic N) is 2. The van der Waals surface area contributed by atoms with Crippen LogP contribution in [0.1, 0.15) is 55.7 Å². The van der Waals surface area contributed by atoms with Crippen LogP contribution < -0.4 is 19.1 Å². The average Bonchev–Trinajstić information content (AvgIpc) is 3.02. The molecule has 1 atom stereocenters. The summed E-state index contributed by atoms with van der Waals surface area (Å²) in [5.41, 5.74) is 2.53. The highest BCUT2D eigenvalue weighted by Gasteiger charge is 2.34. The van der Waals surface area contributed by atoms with Gasteiger partial charge in [0.05, 0.1) is 24.8 Å². The Labute approximate surface area is 265 Å². The maximum Gasteiger partial charge on any atom is 0.264 e. The third-order valence-electron chi connectivity index (χ3n) is 8.10. The van der Waals surface area contributed by atoms with Crippen molar-refractivity contribution < 1.29 is 31.9 Å². The number of nitrogens with one attached hydrogen (secondary N) is 1. The summed E-state index contributed by atoms with van der Waals surface area (Å²) in [6.45, 7) is 4.72. The van der Waals surface area contributed by atoms with Gasteiger partial charge in [-0.2, -0.15) is 0 Å². The molecule has 2 amide bonds. The summed E-state index contributed by atoms with van der Waals surface area (Å²) in [5.74, 6) is -0.765. The van der Waals surface area contributed by atoms with E-state index in [1.54, 1.807) is 31.2 Å². The number of halogens is 1. The van der Waals surface area contributed by atoms with Crippen molar-refractivity contribution in [2.45, 2.75) is 76.4 Å². The lowest BCUT2D eigenvalue weighted by atomic mass is 9.95. The molecule has 1 saturated carbocycles. The molecule has 1 fully saturated rings. The van der Waals surface area contributed by atoms with Gasteiger partial charge in [-0.1, -0.05) is 37.5 Å². The van der Waals surface area contributed by atoms with E-state index < -0.39 is 34.3 Å². The smallest absolute Gasteiger partial charge is 0.264 e. The molecule has 1 N–H and O–H groups in total. The molecule has 1 aliphatic rings. The minimum atomic E-state index is -4.32. The molecule has 0 aliphatic heterocycles. The summed E-state index contributed by atoms with van der Waals surface area (Å²) in [6.07, 6.45) is 4.91. The zero-order valence-corrected chi connectivity index (χ0v) is 27.3. The van der Waals surface area contributed by atoms with Gasteiger partial charge in [-0.25, -0.2) is 12.8 Å². The number of anilines is 1. The molecule has 0 spiro atoms. The van der Waals surface area contributed by atoms with Gasteiger partial charge in [-0.15, -0.1) is 0 Å². The van der Waals surface area contributed by atoms with Crippen LogP contribution in [0.2, 0.25) is 0 Å².